The van der Waals surface area contributed by atoms with Gasteiger partial charge < -0.3 is 0 Å². The molecule has 0 fully saturated rings. The van der Waals surface area contributed by atoms with Crippen LogP contribution in [0.15, 0.2) is 54.7 Å². The van der Waals surface area contributed by atoms with Crippen LogP contribution in [0.5, 0.6) is 0 Å². The van der Waals surface area contributed by atoms with Crippen molar-refractivity contribution in [2.75, 3.05) is 0 Å². The molecule has 21 heavy (non-hydrogen) atoms. The molecule has 0 saturated carbocycles. The van der Waals surface area contributed by atoms with Crippen LogP contribution in [0.25, 0.3) is 0 Å². The minimum Gasteiger partial charge on any atom is -0.0845 e. The van der Waals surface area contributed by atoms with Gasteiger partial charge in [0.2, 0.25) is 0 Å². The molecule has 0 spiro atoms. The Morgan fingerprint density at radius 3 is 1.62 bits per heavy atom. The highest BCUT2D eigenvalue weighted by Gasteiger charge is 1.90. The monoisotopic (exact) mass is 285 g/mol. The third-order valence-electron chi connectivity index (χ3n) is 3.39. The third-order valence-corrected chi connectivity index (χ3v) is 3.39. The molecule has 0 aliphatic carbocycles. The molecular weight excluding hydrogens is 252 g/mol. The molecule has 0 amide bonds. The van der Waals surface area contributed by atoms with Crippen molar-refractivity contribution in [2.24, 2.45) is 0 Å². The van der Waals surface area contributed by atoms with E-state index in [2.05, 4.69) is 25.2 Å². The molecule has 0 heterocycles. The van der Waals surface area contributed by atoms with Gasteiger partial charge in [0.25, 0.3) is 0 Å². The first-order valence-corrected chi connectivity index (χ1v) is 8.62. The third kappa shape index (κ3) is 18.7. The molecule has 0 unspecified atom stereocenters. The van der Waals surface area contributed by atoms with Crippen molar-refractivity contribution in [2.45, 2.75) is 71.1 Å². The Balaban J connectivity index is 3.28. The Morgan fingerprint density at radius 1 is 0.571 bits per heavy atom. The summed E-state index contributed by atoms with van der Waals surface area (Å²) in [5.74, 6) is 0. The van der Waals surface area contributed by atoms with Gasteiger partial charge in [0.05, 0.1) is 0 Å². The van der Waals surface area contributed by atoms with Crippen LogP contribution in [-0.4, -0.2) is 0 Å². The van der Waals surface area contributed by atoms with Gasteiger partial charge in [-0.25, -0.2) is 0 Å². The van der Waals surface area contributed by atoms with Crippen LogP contribution >= 0.6 is 0 Å². The minimum absolute atomic E-state index is 1.20. The molecule has 1 radical (unpaired) electrons. The highest BCUT2D eigenvalue weighted by molar-refractivity contribution is 5.16. The summed E-state index contributed by atoms with van der Waals surface area (Å²) in [6, 6.07) is 0. The van der Waals surface area contributed by atoms with E-state index in [4.69, 9.17) is 6.58 Å². The van der Waals surface area contributed by atoms with E-state index >= 15 is 0 Å². The fourth-order valence-electron chi connectivity index (χ4n) is 2.13. The molecule has 0 aromatic carbocycles. The summed E-state index contributed by atoms with van der Waals surface area (Å²) in [7, 11) is 0. The van der Waals surface area contributed by atoms with Gasteiger partial charge in [-0.1, -0.05) is 120 Å². The van der Waals surface area contributed by atoms with Crippen LogP contribution in [0.2, 0.25) is 0 Å². The fourth-order valence-corrected chi connectivity index (χ4v) is 2.13. The van der Waals surface area contributed by atoms with E-state index in [1.165, 1.54) is 70.3 Å². The van der Waals surface area contributed by atoms with Crippen molar-refractivity contribution >= 4 is 0 Å². The number of rotatable bonds is 14. The summed E-state index contributed by atoms with van der Waals surface area (Å²) in [4.78, 5) is 0. The molecule has 0 bridgehead atoms. The van der Waals surface area contributed by atoms with Gasteiger partial charge in [-0.05, 0) is 12.8 Å². The Bertz CT molecular complexity index is 315. The van der Waals surface area contributed by atoms with Crippen molar-refractivity contribution in [1.82, 2.24) is 0 Å². The second-order valence-corrected chi connectivity index (χ2v) is 5.39. The maximum absolute atomic E-state index is 5.22. The van der Waals surface area contributed by atoms with Gasteiger partial charge in [-0.2, -0.15) is 0 Å². The molecule has 0 aromatic rings. The van der Waals surface area contributed by atoms with Crippen LogP contribution in [0.3, 0.4) is 0 Å². The molecule has 0 saturated heterocycles. The quantitative estimate of drug-likeness (QED) is 0.235. The Morgan fingerprint density at radius 2 is 1.05 bits per heavy atom. The van der Waals surface area contributed by atoms with Gasteiger partial charge in [-0.15, -0.1) is 0 Å². The van der Waals surface area contributed by atoms with Gasteiger partial charge in [0.15, 0.2) is 0 Å². The van der Waals surface area contributed by atoms with Crippen molar-refractivity contribution in [1.29, 1.82) is 0 Å². The molecule has 0 aliphatic rings. The second-order valence-electron chi connectivity index (χ2n) is 5.39. The van der Waals surface area contributed by atoms with E-state index < -0.39 is 0 Å². The molecule has 0 heteroatoms. The topological polar surface area (TPSA) is 0 Å². The number of hydrogen-bond donors (Lipinski definition) is 0. The summed E-state index contributed by atoms with van der Waals surface area (Å²) < 4.78 is 0. The Labute approximate surface area is 133 Å². The van der Waals surface area contributed by atoms with Gasteiger partial charge >= 0.3 is 0 Å². The number of allylic oxidation sites excluding steroid dienone is 9. The fraction of sp³-hybridized carbons (Fsp3) is 0.524. The molecule has 0 nitrogen and oxygen atoms in total. The lowest BCUT2D eigenvalue weighted by Crippen LogP contribution is -1.80. The van der Waals surface area contributed by atoms with Gasteiger partial charge in [-0.3, -0.25) is 0 Å². The van der Waals surface area contributed by atoms with Crippen LogP contribution in [0, 0.1) is 6.58 Å². The lowest BCUT2D eigenvalue weighted by atomic mass is 10.1. The average Bonchev–Trinajstić information content (AvgIpc) is 2.50. The first kappa shape index (κ1) is 19.7. The zero-order chi connectivity index (χ0) is 15.4. The van der Waals surface area contributed by atoms with Crippen LogP contribution in [0.4, 0.5) is 0 Å². The smallest absolute Gasteiger partial charge is 0.0348 e. The molecule has 0 aromatic heterocycles. The lowest BCUT2D eigenvalue weighted by Gasteiger charge is -2.00. The zero-order valence-corrected chi connectivity index (χ0v) is 13.8. The highest BCUT2D eigenvalue weighted by Crippen LogP contribution is 2.10. The van der Waals surface area contributed by atoms with Crippen LogP contribution < -0.4 is 0 Å². The first-order valence-electron chi connectivity index (χ1n) is 8.62. The Hall–Kier alpha value is -1.30. The van der Waals surface area contributed by atoms with E-state index in [1.54, 1.807) is 0 Å². The summed E-state index contributed by atoms with van der Waals surface area (Å²) in [6.45, 7) is 7.49. The largest absolute Gasteiger partial charge is 0.0845 e. The predicted molar refractivity (Wildman–Crippen MR) is 97.3 cm³/mol. The van der Waals surface area contributed by atoms with E-state index in [0.29, 0.717) is 0 Å². The van der Waals surface area contributed by atoms with Crippen LogP contribution in [-0.2, 0) is 0 Å². The first-order chi connectivity index (χ1) is 10.4. The highest BCUT2D eigenvalue weighted by atomic mass is 14.0. The van der Waals surface area contributed by atoms with Gasteiger partial charge in [0.1, 0.15) is 0 Å². The lowest BCUT2D eigenvalue weighted by molar-refractivity contribution is 0.566. The van der Waals surface area contributed by atoms with Crippen molar-refractivity contribution in [3.63, 3.8) is 0 Å². The molecule has 0 atom stereocenters. The van der Waals surface area contributed by atoms with E-state index in [0.717, 1.165) is 0 Å². The molecular formula is C21H33. The number of unbranched alkanes of at least 4 members (excludes halogenated alkanes) is 9. The summed E-state index contributed by atoms with van der Waals surface area (Å²) in [5.41, 5.74) is 0. The Kier molecular flexibility index (Phi) is 17.5. The average molecular weight is 285 g/mol. The van der Waals surface area contributed by atoms with E-state index in [9.17, 15) is 0 Å². The molecule has 0 rings (SSSR count). The molecule has 117 valence electrons. The summed E-state index contributed by atoms with van der Waals surface area (Å²) in [6.07, 6.45) is 31.5. The van der Waals surface area contributed by atoms with E-state index in [-0.39, 0.29) is 0 Å². The SMILES string of the molecule is [CH]=C/C=C/C=C/C=C/C=C/CCCCCCCCCCC. The second kappa shape index (κ2) is 18.7. The number of hydrogen-bond acceptors (Lipinski definition) is 0. The predicted octanol–water partition coefficient (Wildman–Crippen LogP) is 7.12. The molecule has 0 aliphatic heterocycles. The minimum atomic E-state index is 1.20. The summed E-state index contributed by atoms with van der Waals surface area (Å²) in [5, 5.41) is 0. The van der Waals surface area contributed by atoms with Crippen molar-refractivity contribution in [3.05, 3.63) is 61.3 Å². The molecule has 0 N–H and O–H groups in total. The van der Waals surface area contributed by atoms with Gasteiger partial charge in [0, 0.05) is 0 Å². The van der Waals surface area contributed by atoms with E-state index in [1.807, 2.05) is 30.4 Å². The standard InChI is InChI=1S/C21H33/c1-3-5-7-9-11-13-15-17-19-21-20-18-16-14-12-10-8-6-4-2/h1,3,5,7,9,11,13,15,17,19H,4,6,8,10,12,14,16,18,20-21H2,2H3/b3-1?,7-5+,11-9+,15-13+,19-17+. The summed E-state index contributed by atoms with van der Waals surface area (Å²) >= 11 is 0. The van der Waals surface area contributed by atoms with Crippen molar-refractivity contribution < 1.29 is 0 Å². The maximum atomic E-state index is 5.22. The van der Waals surface area contributed by atoms with Crippen LogP contribution in [0.1, 0.15) is 71.1 Å². The zero-order valence-electron chi connectivity index (χ0n) is 13.8. The normalized spacial score (nSPS) is 12.4. The van der Waals surface area contributed by atoms with Crippen molar-refractivity contribution in [3.8, 4) is 0 Å². The maximum Gasteiger partial charge on any atom is -0.0348 e.